The van der Waals surface area contributed by atoms with Gasteiger partial charge in [0.05, 0.1) is 12.5 Å². The average Bonchev–Trinajstić information content (AvgIpc) is 2.33. The van der Waals surface area contributed by atoms with Crippen LogP contribution in [0.2, 0.25) is 0 Å². The van der Waals surface area contributed by atoms with Crippen molar-refractivity contribution in [2.75, 3.05) is 33.4 Å². The Kier molecular flexibility index (Phi) is 6.56. The topological polar surface area (TPSA) is 24.5 Å². The maximum Gasteiger partial charge on any atom is 0.393 e. The Bertz CT molecular complexity index is 259. The zero-order valence-electron chi connectivity index (χ0n) is 12.0. The normalized spacial score (nSPS) is 23.8. The number of likely N-dealkylation sites (tertiary alicyclic amines) is 1. The van der Waals surface area contributed by atoms with Gasteiger partial charge in [-0.1, -0.05) is 13.8 Å². The first-order valence-electron chi connectivity index (χ1n) is 6.87. The number of alkyl halides is 3. The van der Waals surface area contributed by atoms with E-state index in [-0.39, 0.29) is 19.0 Å². The molecular weight excluding hydrogens is 257 g/mol. The highest BCUT2D eigenvalue weighted by atomic mass is 19.4. The Balaban J connectivity index is 2.57. The van der Waals surface area contributed by atoms with E-state index in [9.17, 15) is 13.2 Å². The fourth-order valence-electron chi connectivity index (χ4n) is 2.46. The first-order chi connectivity index (χ1) is 8.84. The first kappa shape index (κ1) is 16.7. The van der Waals surface area contributed by atoms with Gasteiger partial charge in [0.25, 0.3) is 0 Å². The third kappa shape index (κ3) is 5.67. The van der Waals surface area contributed by atoms with E-state index in [0.717, 1.165) is 6.54 Å². The van der Waals surface area contributed by atoms with E-state index in [1.165, 1.54) is 0 Å². The molecule has 2 unspecified atom stereocenters. The highest BCUT2D eigenvalue weighted by Gasteiger charge is 2.42. The molecule has 0 aromatic rings. The van der Waals surface area contributed by atoms with Crippen molar-refractivity contribution in [3.8, 4) is 0 Å². The predicted molar refractivity (Wildman–Crippen MR) is 69.2 cm³/mol. The summed E-state index contributed by atoms with van der Waals surface area (Å²) in [5.74, 6) is -1.19. The van der Waals surface area contributed by atoms with E-state index in [2.05, 4.69) is 5.32 Å². The minimum Gasteiger partial charge on any atom is -0.383 e. The lowest BCUT2D eigenvalue weighted by Gasteiger charge is -2.39. The summed E-state index contributed by atoms with van der Waals surface area (Å²) in [4.78, 5) is 1.92. The molecule has 0 saturated carbocycles. The van der Waals surface area contributed by atoms with Gasteiger partial charge < -0.3 is 10.1 Å². The van der Waals surface area contributed by atoms with Gasteiger partial charge in [0.1, 0.15) is 0 Å². The quantitative estimate of drug-likeness (QED) is 0.809. The largest absolute Gasteiger partial charge is 0.393 e. The van der Waals surface area contributed by atoms with Crippen molar-refractivity contribution >= 4 is 0 Å². The summed E-state index contributed by atoms with van der Waals surface area (Å²) in [6, 6.07) is 0.333. The Hall–Kier alpha value is -0.330. The van der Waals surface area contributed by atoms with Crippen molar-refractivity contribution in [3.05, 3.63) is 0 Å². The SMILES string of the molecule is COCC(CNC(C)C)N1CCCC(C(F)(F)F)C1. The number of nitrogens with one attached hydrogen (secondary N) is 1. The Morgan fingerprint density at radius 1 is 1.37 bits per heavy atom. The number of hydrogen-bond donors (Lipinski definition) is 1. The monoisotopic (exact) mass is 282 g/mol. The molecule has 1 fully saturated rings. The number of hydrogen-bond acceptors (Lipinski definition) is 3. The second-order valence-corrected chi connectivity index (χ2v) is 5.55. The van der Waals surface area contributed by atoms with E-state index in [4.69, 9.17) is 4.74 Å². The van der Waals surface area contributed by atoms with Gasteiger partial charge in [-0.15, -0.1) is 0 Å². The summed E-state index contributed by atoms with van der Waals surface area (Å²) >= 11 is 0. The predicted octanol–water partition coefficient (Wildman–Crippen LogP) is 2.27. The highest BCUT2D eigenvalue weighted by molar-refractivity contribution is 4.83. The minimum absolute atomic E-state index is 0.0116. The van der Waals surface area contributed by atoms with Crippen LogP contribution in [0.3, 0.4) is 0 Å². The molecule has 114 valence electrons. The number of rotatable bonds is 6. The molecule has 0 bridgehead atoms. The fraction of sp³-hybridized carbons (Fsp3) is 1.00. The average molecular weight is 282 g/mol. The van der Waals surface area contributed by atoms with Crippen molar-refractivity contribution in [1.29, 1.82) is 0 Å². The smallest absolute Gasteiger partial charge is 0.383 e. The summed E-state index contributed by atoms with van der Waals surface area (Å²) in [5.41, 5.74) is 0. The number of methoxy groups -OCH3 is 1. The van der Waals surface area contributed by atoms with Crippen LogP contribution in [0.1, 0.15) is 26.7 Å². The molecule has 1 saturated heterocycles. The van der Waals surface area contributed by atoms with Crippen LogP contribution in [-0.2, 0) is 4.74 Å². The molecule has 3 nitrogen and oxygen atoms in total. The van der Waals surface area contributed by atoms with Gasteiger partial charge in [0.2, 0.25) is 0 Å². The standard InChI is InChI=1S/C13H25F3N2O/c1-10(2)17-7-12(9-19-3)18-6-4-5-11(8-18)13(14,15)16/h10-12,17H,4-9H2,1-3H3. The van der Waals surface area contributed by atoms with Gasteiger partial charge in [0.15, 0.2) is 0 Å². The van der Waals surface area contributed by atoms with Crippen LogP contribution in [0.5, 0.6) is 0 Å². The van der Waals surface area contributed by atoms with E-state index in [0.29, 0.717) is 25.6 Å². The molecule has 0 aliphatic carbocycles. The lowest BCUT2D eigenvalue weighted by Crippen LogP contribution is -2.52. The molecule has 1 rings (SSSR count). The second-order valence-electron chi connectivity index (χ2n) is 5.55. The zero-order chi connectivity index (χ0) is 14.5. The molecule has 2 atom stereocenters. The number of piperidine rings is 1. The van der Waals surface area contributed by atoms with Crippen molar-refractivity contribution in [3.63, 3.8) is 0 Å². The van der Waals surface area contributed by atoms with Crippen molar-refractivity contribution in [2.24, 2.45) is 5.92 Å². The summed E-state index contributed by atoms with van der Waals surface area (Å²) in [5, 5.41) is 3.28. The van der Waals surface area contributed by atoms with Crippen LogP contribution in [0.4, 0.5) is 13.2 Å². The summed E-state index contributed by atoms with van der Waals surface area (Å²) in [7, 11) is 1.59. The van der Waals surface area contributed by atoms with Crippen LogP contribution >= 0.6 is 0 Å². The zero-order valence-corrected chi connectivity index (χ0v) is 12.0. The molecule has 1 aliphatic rings. The van der Waals surface area contributed by atoms with Crippen molar-refractivity contribution in [1.82, 2.24) is 10.2 Å². The summed E-state index contributed by atoms with van der Waals surface area (Å²) in [6.45, 7) is 6.00. The van der Waals surface area contributed by atoms with E-state index in [1.54, 1.807) is 7.11 Å². The maximum atomic E-state index is 12.8. The van der Waals surface area contributed by atoms with E-state index in [1.807, 2.05) is 18.7 Å². The van der Waals surface area contributed by atoms with Gasteiger partial charge in [-0.25, -0.2) is 0 Å². The second kappa shape index (κ2) is 7.45. The van der Waals surface area contributed by atoms with Crippen LogP contribution in [0.15, 0.2) is 0 Å². The van der Waals surface area contributed by atoms with E-state index >= 15 is 0 Å². The number of nitrogens with zero attached hydrogens (tertiary/aromatic N) is 1. The first-order valence-corrected chi connectivity index (χ1v) is 6.87. The fourth-order valence-corrected chi connectivity index (χ4v) is 2.46. The van der Waals surface area contributed by atoms with E-state index < -0.39 is 12.1 Å². The van der Waals surface area contributed by atoms with Crippen molar-refractivity contribution < 1.29 is 17.9 Å². The summed E-state index contributed by atoms with van der Waals surface area (Å²) in [6.07, 6.45) is -3.23. The molecule has 0 spiro atoms. The number of ether oxygens (including phenoxy) is 1. The lowest BCUT2D eigenvalue weighted by atomic mass is 9.96. The molecule has 19 heavy (non-hydrogen) atoms. The summed E-state index contributed by atoms with van der Waals surface area (Å²) < 4.78 is 43.6. The molecule has 0 amide bonds. The molecule has 6 heteroatoms. The molecular formula is C13H25F3N2O. The van der Waals surface area contributed by atoms with Gasteiger partial charge >= 0.3 is 6.18 Å². The maximum absolute atomic E-state index is 12.8. The van der Waals surface area contributed by atoms with Gasteiger partial charge in [-0.05, 0) is 19.4 Å². The number of halogens is 3. The minimum atomic E-state index is -4.08. The van der Waals surface area contributed by atoms with Crippen molar-refractivity contribution in [2.45, 2.75) is 44.9 Å². The molecule has 1 N–H and O–H groups in total. The van der Waals surface area contributed by atoms with Gasteiger partial charge in [0, 0.05) is 32.3 Å². The third-order valence-corrected chi connectivity index (χ3v) is 3.55. The Morgan fingerprint density at radius 2 is 2.05 bits per heavy atom. The molecule has 0 aromatic heterocycles. The molecule has 1 heterocycles. The van der Waals surface area contributed by atoms with Crippen LogP contribution in [0.25, 0.3) is 0 Å². The van der Waals surface area contributed by atoms with Crippen LogP contribution in [0, 0.1) is 5.92 Å². The lowest BCUT2D eigenvalue weighted by molar-refractivity contribution is -0.189. The van der Waals surface area contributed by atoms with Gasteiger partial charge in [-0.2, -0.15) is 13.2 Å². The van der Waals surface area contributed by atoms with Crippen LogP contribution < -0.4 is 5.32 Å². The van der Waals surface area contributed by atoms with Gasteiger partial charge in [-0.3, -0.25) is 4.90 Å². The highest BCUT2D eigenvalue weighted by Crippen LogP contribution is 2.33. The third-order valence-electron chi connectivity index (χ3n) is 3.55. The van der Waals surface area contributed by atoms with Crippen LogP contribution in [-0.4, -0.2) is 56.5 Å². The Labute approximate surface area is 113 Å². The molecule has 1 aliphatic heterocycles. The molecule has 0 radical (unpaired) electrons. The Morgan fingerprint density at radius 3 is 2.58 bits per heavy atom. The molecule has 0 aromatic carbocycles.